The minimum atomic E-state index is -0.207. The molecule has 1 saturated heterocycles. The number of ether oxygens (including phenoxy) is 1. The van der Waals surface area contributed by atoms with Crippen molar-refractivity contribution in [3.63, 3.8) is 0 Å². The second kappa shape index (κ2) is 9.91. The van der Waals surface area contributed by atoms with Gasteiger partial charge < -0.3 is 20.3 Å². The summed E-state index contributed by atoms with van der Waals surface area (Å²) in [6.07, 6.45) is 1.59. The van der Waals surface area contributed by atoms with E-state index in [-0.39, 0.29) is 6.09 Å². The van der Waals surface area contributed by atoms with Crippen LogP contribution in [0.5, 0.6) is 0 Å². The highest BCUT2D eigenvalue weighted by molar-refractivity contribution is 5.80. The van der Waals surface area contributed by atoms with E-state index in [9.17, 15) is 4.79 Å². The number of hydrogen-bond acceptors (Lipinski definition) is 3. The maximum Gasteiger partial charge on any atom is 0.409 e. The molecule has 0 radical (unpaired) electrons. The second-order valence-electron chi connectivity index (χ2n) is 6.23. The molecule has 0 spiro atoms. The highest BCUT2D eigenvalue weighted by Gasteiger charge is 2.23. The fraction of sp³-hybridized carbons (Fsp3) is 0.579. The lowest BCUT2D eigenvalue weighted by atomic mass is 10.1. The van der Waals surface area contributed by atoms with Crippen molar-refractivity contribution < 1.29 is 9.53 Å². The Balaban J connectivity index is 1.88. The standard InChI is InChI=1S/C19H30N4O2/c1-4-20-18(21-14-16-9-7-6-8-15(16)3)22-17-10-12-23(13-11-17)19(24)25-5-2/h6-9,17H,4-5,10-14H2,1-3H3,(H2,20,21,22). The number of aliphatic imine (C=N–C) groups is 1. The topological polar surface area (TPSA) is 66.0 Å². The molecule has 0 unspecified atom stereocenters. The lowest BCUT2D eigenvalue weighted by Gasteiger charge is -2.32. The van der Waals surface area contributed by atoms with Crippen molar-refractivity contribution in [2.45, 2.75) is 46.2 Å². The van der Waals surface area contributed by atoms with Crippen molar-refractivity contribution >= 4 is 12.1 Å². The molecular formula is C19H30N4O2. The van der Waals surface area contributed by atoms with Gasteiger partial charge in [0.25, 0.3) is 0 Å². The van der Waals surface area contributed by atoms with Gasteiger partial charge in [-0.25, -0.2) is 9.79 Å². The number of nitrogens with one attached hydrogen (secondary N) is 2. The molecule has 1 aliphatic rings. The summed E-state index contributed by atoms with van der Waals surface area (Å²) < 4.78 is 5.07. The van der Waals surface area contributed by atoms with E-state index in [1.807, 2.05) is 19.1 Å². The maximum absolute atomic E-state index is 11.8. The molecule has 0 atom stereocenters. The Morgan fingerprint density at radius 2 is 2.00 bits per heavy atom. The highest BCUT2D eigenvalue weighted by atomic mass is 16.6. The van der Waals surface area contributed by atoms with Crippen LogP contribution in [0, 0.1) is 6.92 Å². The Bertz CT molecular complexity index is 581. The van der Waals surface area contributed by atoms with Crippen molar-refractivity contribution in [1.82, 2.24) is 15.5 Å². The molecular weight excluding hydrogens is 316 g/mol. The fourth-order valence-electron chi connectivity index (χ4n) is 2.89. The highest BCUT2D eigenvalue weighted by Crippen LogP contribution is 2.12. The van der Waals surface area contributed by atoms with E-state index in [1.54, 1.807) is 4.90 Å². The van der Waals surface area contributed by atoms with Gasteiger partial charge in [-0.05, 0) is 44.7 Å². The molecule has 2 N–H and O–H groups in total. The van der Waals surface area contributed by atoms with E-state index in [0.29, 0.717) is 32.3 Å². The number of carbonyl (C=O) groups excluding carboxylic acids is 1. The van der Waals surface area contributed by atoms with Gasteiger partial charge in [-0.3, -0.25) is 0 Å². The minimum absolute atomic E-state index is 0.207. The summed E-state index contributed by atoms with van der Waals surface area (Å²) in [5, 5.41) is 6.81. The molecule has 1 aromatic rings. The lowest BCUT2D eigenvalue weighted by Crippen LogP contribution is -2.49. The van der Waals surface area contributed by atoms with E-state index < -0.39 is 0 Å². The molecule has 0 saturated carbocycles. The number of nitrogens with zero attached hydrogens (tertiary/aromatic N) is 2. The van der Waals surface area contributed by atoms with Crippen LogP contribution < -0.4 is 10.6 Å². The number of amides is 1. The Morgan fingerprint density at radius 1 is 1.28 bits per heavy atom. The number of guanidine groups is 1. The van der Waals surface area contributed by atoms with Crippen LogP contribution in [0.15, 0.2) is 29.3 Å². The zero-order valence-corrected chi connectivity index (χ0v) is 15.5. The zero-order valence-electron chi connectivity index (χ0n) is 15.5. The molecule has 1 fully saturated rings. The normalized spacial score (nSPS) is 15.8. The van der Waals surface area contributed by atoms with Gasteiger partial charge in [-0.2, -0.15) is 0 Å². The predicted octanol–water partition coefficient (Wildman–Crippen LogP) is 2.67. The van der Waals surface area contributed by atoms with Gasteiger partial charge in [0.15, 0.2) is 5.96 Å². The molecule has 1 aliphatic heterocycles. The van der Waals surface area contributed by atoms with Crippen molar-refractivity contribution in [2.24, 2.45) is 4.99 Å². The molecule has 1 aromatic carbocycles. The van der Waals surface area contributed by atoms with Gasteiger partial charge >= 0.3 is 6.09 Å². The molecule has 25 heavy (non-hydrogen) atoms. The molecule has 0 bridgehead atoms. The first-order valence-corrected chi connectivity index (χ1v) is 9.15. The Morgan fingerprint density at radius 3 is 2.64 bits per heavy atom. The molecule has 1 heterocycles. The van der Waals surface area contributed by atoms with Crippen LogP contribution in [-0.4, -0.2) is 49.2 Å². The molecule has 0 aromatic heterocycles. The predicted molar refractivity (Wildman–Crippen MR) is 101 cm³/mol. The first-order valence-electron chi connectivity index (χ1n) is 9.15. The van der Waals surface area contributed by atoms with E-state index in [2.05, 4.69) is 36.6 Å². The van der Waals surface area contributed by atoms with E-state index in [1.165, 1.54) is 11.1 Å². The van der Waals surface area contributed by atoms with Crippen LogP contribution in [0.25, 0.3) is 0 Å². The number of aryl methyl sites for hydroxylation is 1. The Labute approximate surface area is 150 Å². The van der Waals surface area contributed by atoms with Crippen LogP contribution in [0.3, 0.4) is 0 Å². The maximum atomic E-state index is 11.8. The van der Waals surface area contributed by atoms with Crippen molar-refractivity contribution in [3.8, 4) is 0 Å². The molecule has 6 heteroatoms. The number of piperidine rings is 1. The van der Waals surface area contributed by atoms with Gasteiger partial charge in [-0.1, -0.05) is 24.3 Å². The third-order valence-corrected chi connectivity index (χ3v) is 4.37. The third kappa shape index (κ3) is 5.96. The molecule has 138 valence electrons. The summed E-state index contributed by atoms with van der Waals surface area (Å²) in [6, 6.07) is 8.63. The van der Waals surface area contributed by atoms with Gasteiger partial charge in [-0.15, -0.1) is 0 Å². The molecule has 0 aliphatic carbocycles. The number of benzene rings is 1. The van der Waals surface area contributed by atoms with Crippen LogP contribution in [0.4, 0.5) is 4.79 Å². The summed E-state index contributed by atoms with van der Waals surface area (Å²) in [5.41, 5.74) is 2.49. The van der Waals surface area contributed by atoms with E-state index >= 15 is 0 Å². The Kier molecular flexibility index (Phi) is 7.57. The smallest absolute Gasteiger partial charge is 0.409 e. The number of carbonyl (C=O) groups is 1. The number of hydrogen-bond donors (Lipinski definition) is 2. The summed E-state index contributed by atoms with van der Waals surface area (Å²) in [5.74, 6) is 0.834. The van der Waals surface area contributed by atoms with Gasteiger partial charge in [0.05, 0.1) is 13.2 Å². The zero-order chi connectivity index (χ0) is 18.1. The monoisotopic (exact) mass is 346 g/mol. The third-order valence-electron chi connectivity index (χ3n) is 4.37. The first-order chi connectivity index (χ1) is 12.1. The van der Waals surface area contributed by atoms with Crippen LogP contribution in [0.1, 0.15) is 37.8 Å². The molecule has 6 nitrogen and oxygen atoms in total. The van der Waals surface area contributed by atoms with Crippen molar-refractivity contribution in [2.75, 3.05) is 26.2 Å². The molecule has 2 rings (SSSR count). The quantitative estimate of drug-likeness (QED) is 0.635. The number of rotatable bonds is 5. The summed E-state index contributed by atoms with van der Waals surface area (Å²) in [4.78, 5) is 18.3. The average molecular weight is 346 g/mol. The van der Waals surface area contributed by atoms with Crippen LogP contribution in [0.2, 0.25) is 0 Å². The minimum Gasteiger partial charge on any atom is -0.450 e. The van der Waals surface area contributed by atoms with Crippen LogP contribution in [-0.2, 0) is 11.3 Å². The summed E-state index contributed by atoms with van der Waals surface area (Å²) in [7, 11) is 0. The van der Waals surface area contributed by atoms with Crippen molar-refractivity contribution in [1.29, 1.82) is 0 Å². The average Bonchev–Trinajstić information content (AvgIpc) is 2.62. The van der Waals surface area contributed by atoms with Crippen molar-refractivity contribution in [3.05, 3.63) is 35.4 Å². The van der Waals surface area contributed by atoms with Gasteiger partial charge in [0.2, 0.25) is 0 Å². The summed E-state index contributed by atoms with van der Waals surface area (Å²) >= 11 is 0. The molecule has 1 amide bonds. The largest absolute Gasteiger partial charge is 0.450 e. The summed E-state index contributed by atoms with van der Waals surface area (Å²) in [6.45, 7) is 9.34. The van der Waals surface area contributed by atoms with Crippen LogP contribution >= 0.6 is 0 Å². The number of likely N-dealkylation sites (tertiary alicyclic amines) is 1. The second-order valence-corrected chi connectivity index (χ2v) is 6.23. The van der Waals surface area contributed by atoms with Gasteiger partial charge in [0, 0.05) is 25.7 Å². The van der Waals surface area contributed by atoms with Gasteiger partial charge in [0.1, 0.15) is 0 Å². The van der Waals surface area contributed by atoms with E-state index in [4.69, 9.17) is 9.73 Å². The lowest BCUT2D eigenvalue weighted by molar-refractivity contribution is 0.0963. The van der Waals surface area contributed by atoms with E-state index in [0.717, 1.165) is 25.3 Å². The Hall–Kier alpha value is -2.24. The first kappa shape index (κ1) is 19.1. The fourth-order valence-corrected chi connectivity index (χ4v) is 2.89. The SMILES string of the molecule is CCNC(=NCc1ccccc1C)NC1CCN(C(=O)OCC)CC1.